The summed E-state index contributed by atoms with van der Waals surface area (Å²) in [5, 5.41) is 9.97. The molecular weight excluding hydrogens is 495 g/mol. The summed E-state index contributed by atoms with van der Waals surface area (Å²) in [6.45, 7) is 1.74. The van der Waals surface area contributed by atoms with Gasteiger partial charge in [0.2, 0.25) is 0 Å². The lowest BCUT2D eigenvalue weighted by Gasteiger charge is -2.42. The van der Waals surface area contributed by atoms with E-state index in [1.165, 1.54) is 6.07 Å². The fraction of sp³-hybridized carbons (Fsp3) is 0.667. The molecule has 0 radical (unpaired) electrons. The molecule has 2 unspecified atom stereocenters. The molecule has 0 amide bonds. The second-order valence-corrected chi connectivity index (χ2v) is 7.07. The molecule has 0 saturated carbocycles. The van der Waals surface area contributed by atoms with Crippen molar-refractivity contribution in [1.29, 1.82) is 0 Å². The molecule has 1 rings (SSSR count). The number of halogens is 13. The van der Waals surface area contributed by atoms with Gasteiger partial charge >= 0.3 is 35.8 Å². The van der Waals surface area contributed by atoms with Crippen molar-refractivity contribution in [2.45, 2.75) is 62.2 Å². The monoisotopic (exact) mass is 512 g/mol. The summed E-state index contributed by atoms with van der Waals surface area (Å²) < 4.78 is 178. The Morgan fingerprint density at radius 2 is 1.27 bits per heavy atom. The molecule has 0 fully saturated rings. The first-order chi connectivity index (χ1) is 14.6. The predicted molar refractivity (Wildman–Crippen MR) is 87.1 cm³/mol. The maximum atomic E-state index is 14.3. The number of rotatable bonds is 10. The molecule has 15 heteroatoms. The van der Waals surface area contributed by atoms with E-state index in [4.69, 9.17) is 4.74 Å². The highest BCUT2D eigenvalue weighted by molar-refractivity contribution is 5.30. The number of hydrogen-bond acceptors (Lipinski definition) is 2. The zero-order valence-corrected chi connectivity index (χ0v) is 16.6. The molecule has 33 heavy (non-hydrogen) atoms. The van der Waals surface area contributed by atoms with Crippen LogP contribution in [0.15, 0.2) is 24.3 Å². The average Bonchev–Trinajstić information content (AvgIpc) is 2.69. The molecule has 0 aliphatic rings. The SMILES string of the molecule is CCCOc1cccc(C(O)C(C)C(F)(F)C(F)(F)C(F)(F)C(F)(F)C(F)(F)C(F)(F)F)c1. The van der Waals surface area contributed by atoms with E-state index < -0.39 is 53.4 Å². The van der Waals surface area contributed by atoms with E-state index in [9.17, 15) is 62.2 Å². The minimum atomic E-state index is -7.98. The highest BCUT2D eigenvalue weighted by Gasteiger charge is 2.91. The summed E-state index contributed by atoms with van der Waals surface area (Å²) in [7, 11) is 0. The average molecular weight is 512 g/mol. The first kappa shape index (κ1) is 29.1. The van der Waals surface area contributed by atoms with Gasteiger partial charge in [0, 0.05) is 0 Å². The summed E-state index contributed by atoms with van der Waals surface area (Å²) >= 11 is 0. The predicted octanol–water partition coefficient (Wildman–Crippen LogP) is 6.88. The van der Waals surface area contributed by atoms with E-state index in [2.05, 4.69) is 0 Å². The third-order valence-corrected chi connectivity index (χ3v) is 4.68. The van der Waals surface area contributed by atoms with E-state index in [0.717, 1.165) is 18.2 Å². The van der Waals surface area contributed by atoms with Gasteiger partial charge in [-0.3, -0.25) is 0 Å². The molecule has 2 atom stereocenters. The Balaban J connectivity index is 3.41. The normalized spacial score (nSPS) is 16.5. The van der Waals surface area contributed by atoms with Crippen molar-refractivity contribution in [2.24, 2.45) is 5.92 Å². The number of alkyl halides is 13. The number of ether oxygens (including phenoxy) is 1. The van der Waals surface area contributed by atoms with Crippen molar-refractivity contribution in [2.75, 3.05) is 6.61 Å². The van der Waals surface area contributed by atoms with Crippen LogP contribution in [0.5, 0.6) is 5.75 Å². The van der Waals surface area contributed by atoms with Gasteiger partial charge in [0.25, 0.3) is 0 Å². The first-order valence-corrected chi connectivity index (χ1v) is 8.97. The van der Waals surface area contributed by atoms with Crippen molar-refractivity contribution >= 4 is 0 Å². The highest BCUT2D eigenvalue weighted by atomic mass is 19.4. The molecule has 0 heterocycles. The number of benzene rings is 1. The molecule has 2 nitrogen and oxygen atoms in total. The zero-order valence-electron chi connectivity index (χ0n) is 16.6. The lowest BCUT2D eigenvalue weighted by Crippen LogP contribution is -2.71. The molecule has 0 aliphatic carbocycles. The maximum absolute atomic E-state index is 14.3. The summed E-state index contributed by atoms with van der Waals surface area (Å²) in [6, 6.07) is 3.98. The lowest BCUT2D eigenvalue weighted by molar-refractivity contribution is -0.444. The Labute approximate surface area is 178 Å². The van der Waals surface area contributed by atoms with Gasteiger partial charge in [-0.15, -0.1) is 0 Å². The van der Waals surface area contributed by atoms with Gasteiger partial charge < -0.3 is 9.84 Å². The van der Waals surface area contributed by atoms with Gasteiger partial charge in [-0.1, -0.05) is 26.0 Å². The molecule has 1 aromatic carbocycles. The largest absolute Gasteiger partial charge is 0.494 e. The molecule has 0 aliphatic heterocycles. The van der Waals surface area contributed by atoms with Crippen LogP contribution in [0.3, 0.4) is 0 Å². The fourth-order valence-electron chi connectivity index (χ4n) is 2.56. The molecule has 0 saturated heterocycles. The number of hydrogen-bond donors (Lipinski definition) is 1. The van der Waals surface area contributed by atoms with Gasteiger partial charge in [0.1, 0.15) is 5.75 Å². The number of aliphatic hydroxyl groups is 1. The van der Waals surface area contributed by atoms with E-state index in [-0.39, 0.29) is 19.3 Å². The molecule has 0 bridgehead atoms. The second kappa shape index (κ2) is 9.02. The van der Waals surface area contributed by atoms with E-state index in [1.54, 1.807) is 6.92 Å². The summed E-state index contributed by atoms with van der Waals surface area (Å²) in [5.41, 5.74) is -0.637. The quantitative estimate of drug-likeness (QED) is 0.347. The van der Waals surface area contributed by atoms with Crippen LogP contribution in [-0.4, -0.2) is 47.5 Å². The van der Waals surface area contributed by atoms with E-state index in [1.807, 2.05) is 0 Å². The minimum Gasteiger partial charge on any atom is -0.494 e. The standard InChI is InChI=1S/C18H17F13O2/c1-3-7-33-11-6-4-5-10(8-11)12(32)9(2)13(19,20)14(21,22)15(23,24)16(25,26)17(27,28)18(29,30)31/h4-6,8-9,12,32H,3,7H2,1-2H3. The van der Waals surface area contributed by atoms with E-state index in [0.29, 0.717) is 6.42 Å². The van der Waals surface area contributed by atoms with Crippen molar-refractivity contribution in [3.05, 3.63) is 29.8 Å². The summed E-state index contributed by atoms with van der Waals surface area (Å²) in [4.78, 5) is 0. The zero-order chi connectivity index (χ0) is 26.3. The van der Waals surface area contributed by atoms with Crippen LogP contribution in [0.2, 0.25) is 0 Å². The third-order valence-electron chi connectivity index (χ3n) is 4.68. The van der Waals surface area contributed by atoms with Crippen LogP contribution < -0.4 is 4.74 Å². The van der Waals surface area contributed by atoms with Gasteiger partial charge in [-0.2, -0.15) is 57.1 Å². The molecule has 1 N–H and O–H groups in total. The summed E-state index contributed by atoms with van der Waals surface area (Å²) in [5.74, 6) is -41.0. The van der Waals surface area contributed by atoms with Crippen LogP contribution in [0.25, 0.3) is 0 Å². The van der Waals surface area contributed by atoms with Crippen LogP contribution in [0.4, 0.5) is 57.1 Å². The van der Waals surface area contributed by atoms with E-state index >= 15 is 0 Å². The van der Waals surface area contributed by atoms with Crippen molar-refractivity contribution in [3.8, 4) is 5.75 Å². The van der Waals surface area contributed by atoms with Gasteiger partial charge in [-0.05, 0) is 24.1 Å². The van der Waals surface area contributed by atoms with Gasteiger partial charge in [0.05, 0.1) is 18.6 Å². The fourth-order valence-corrected chi connectivity index (χ4v) is 2.56. The molecule has 1 aromatic rings. The third kappa shape index (κ3) is 4.69. The Hall–Kier alpha value is -1.93. The maximum Gasteiger partial charge on any atom is 0.460 e. The topological polar surface area (TPSA) is 29.5 Å². The Morgan fingerprint density at radius 3 is 1.73 bits per heavy atom. The minimum absolute atomic E-state index is 0.00568. The molecule has 0 aromatic heterocycles. The van der Waals surface area contributed by atoms with Gasteiger partial charge in [0.15, 0.2) is 0 Å². The molecule has 192 valence electrons. The van der Waals surface area contributed by atoms with Crippen LogP contribution in [0, 0.1) is 5.92 Å². The number of aliphatic hydroxyl groups excluding tert-OH is 1. The lowest BCUT2D eigenvalue weighted by atomic mass is 9.83. The smallest absolute Gasteiger partial charge is 0.460 e. The van der Waals surface area contributed by atoms with Crippen molar-refractivity contribution < 1.29 is 66.9 Å². The first-order valence-electron chi connectivity index (χ1n) is 8.97. The molecular formula is C18H17F13O2. The molecule has 0 spiro atoms. The van der Waals surface area contributed by atoms with Crippen LogP contribution in [0.1, 0.15) is 31.9 Å². The van der Waals surface area contributed by atoms with Crippen LogP contribution in [-0.2, 0) is 0 Å². The highest BCUT2D eigenvalue weighted by Crippen LogP contribution is 2.62. The Morgan fingerprint density at radius 1 is 0.788 bits per heavy atom. The Bertz CT molecular complexity index is 805. The van der Waals surface area contributed by atoms with Crippen molar-refractivity contribution in [3.63, 3.8) is 0 Å². The summed E-state index contributed by atoms with van der Waals surface area (Å²) in [6.07, 6.45) is -9.79. The van der Waals surface area contributed by atoms with Gasteiger partial charge in [-0.25, -0.2) is 0 Å². The van der Waals surface area contributed by atoms with Crippen molar-refractivity contribution in [1.82, 2.24) is 0 Å². The second-order valence-electron chi connectivity index (χ2n) is 7.07. The van der Waals surface area contributed by atoms with Crippen LogP contribution >= 0.6 is 0 Å². The Kier molecular flexibility index (Phi) is 7.96.